The zero-order chi connectivity index (χ0) is 22.9. The van der Waals surface area contributed by atoms with Crippen molar-refractivity contribution in [3.05, 3.63) is 89.5 Å². The number of primary amides is 1. The number of hydrogen-bond acceptors (Lipinski definition) is 4. The Kier molecular flexibility index (Phi) is 7.59. The quantitative estimate of drug-likeness (QED) is 0.470. The van der Waals surface area contributed by atoms with Crippen molar-refractivity contribution in [2.75, 3.05) is 5.32 Å². The maximum atomic E-state index is 12.5. The summed E-state index contributed by atoms with van der Waals surface area (Å²) >= 11 is 0. The van der Waals surface area contributed by atoms with E-state index in [4.69, 9.17) is 10.5 Å². The van der Waals surface area contributed by atoms with Crippen LogP contribution in [0.4, 0.5) is 5.69 Å². The highest BCUT2D eigenvalue weighted by atomic mass is 16.5. The molecule has 7 heteroatoms. The van der Waals surface area contributed by atoms with Gasteiger partial charge in [-0.05, 0) is 72.6 Å². The molecule has 0 fully saturated rings. The summed E-state index contributed by atoms with van der Waals surface area (Å²) in [6.07, 6.45) is 1.26. The number of ether oxygens (including phenoxy) is 1. The number of nitrogens with two attached hydrogens (primary N) is 1. The number of hydrogen-bond donors (Lipinski definition) is 3. The van der Waals surface area contributed by atoms with E-state index in [0.717, 1.165) is 12.0 Å². The number of rotatable bonds is 9. The minimum absolute atomic E-state index is 0.0280. The van der Waals surface area contributed by atoms with Crippen molar-refractivity contribution in [2.24, 2.45) is 5.73 Å². The molecule has 3 aromatic carbocycles. The lowest BCUT2D eigenvalue weighted by atomic mass is 10.1. The van der Waals surface area contributed by atoms with Gasteiger partial charge in [0.1, 0.15) is 11.5 Å². The number of anilines is 1. The van der Waals surface area contributed by atoms with E-state index >= 15 is 0 Å². The predicted octanol–water partition coefficient (Wildman–Crippen LogP) is 4.25. The van der Waals surface area contributed by atoms with Crippen LogP contribution in [0.2, 0.25) is 0 Å². The standard InChI is InChI=1S/C25H25N3O4/c1-2-4-23(29)28-20-6-3-5-17(15-20)16-27-25(31)19-9-13-22(14-10-19)32-21-11-7-18(8-12-21)24(26)30/h3,5-15H,2,4,16H2,1H3,(H2,26,30)(H,27,31)(H,28,29). The number of amides is 3. The fraction of sp³-hybridized carbons (Fsp3) is 0.160. The van der Waals surface area contributed by atoms with Gasteiger partial charge in [-0.1, -0.05) is 19.1 Å². The van der Waals surface area contributed by atoms with E-state index in [1.165, 1.54) is 0 Å². The van der Waals surface area contributed by atoms with Gasteiger partial charge in [0.2, 0.25) is 11.8 Å². The summed E-state index contributed by atoms with van der Waals surface area (Å²) in [7, 11) is 0. The Morgan fingerprint density at radius 3 is 2.09 bits per heavy atom. The van der Waals surface area contributed by atoms with Gasteiger partial charge in [0, 0.05) is 29.8 Å². The van der Waals surface area contributed by atoms with E-state index in [-0.39, 0.29) is 11.8 Å². The predicted molar refractivity (Wildman–Crippen MR) is 123 cm³/mol. The molecule has 4 N–H and O–H groups in total. The monoisotopic (exact) mass is 431 g/mol. The molecule has 0 radical (unpaired) electrons. The van der Waals surface area contributed by atoms with Gasteiger partial charge in [0.25, 0.3) is 5.91 Å². The van der Waals surface area contributed by atoms with Crippen LogP contribution >= 0.6 is 0 Å². The van der Waals surface area contributed by atoms with E-state index in [1.54, 1.807) is 48.5 Å². The molecule has 0 aliphatic heterocycles. The van der Waals surface area contributed by atoms with Crippen molar-refractivity contribution >= 4 is 23.4 Å². The Labute approximate surface area is 186 Å². The summed E-state index contributed by atoms with van der Waals surface area (Å²) in [5, 5.41) is 5.72. The van der Waals surface area contributed by atoms with Crippen LogP contribution < -0.4 is 21.1 Å². The highest BCUT2D eigenvalue weighted by molar-refractivity contribution is 5.94. The van der Waals surface area contributed by atoms with Crippen molar-refractivity contribution in [2.45, 2.75) is 26.3 Å². The van der Waals surface area contributed by atoms with E-state index in [9.17, 15) is 14.4 Å². The average molecular weight is 431 g/mol. The van der Waals surface area contributed by atoms with E-state index < -0.39 is 5.91 Å². The Hall–Kier alpha value is -4.13. The lowest BCUT2D eigenvalue weighted by Gasteiger charge is -2.10. The first-order valence-corrected chi connectivity index (χ1v) is 10.3. The van der Waals surface area contributed by atoms with Gasteiger partial charge in [0.15, 0.2) is 0 Å². The van der Waals surface area contributed by atoms with Crippen LogP contribution in [0.3, 0.4) is 0 Å². The van der Waals surface area contributed by atoms with E-state index in [1.807, 2.05) is 31.2 Å². The molecule has 0 saturated carbocycles. The van der Waals surface area contributed by atoms with Gasteiger partial charge >= 0.3 is 0 Å². The van der Waals surface area contributed by atoms with Crippen molar-refractivity contribution in [1.29, 1.82) is 0 Å². The Morgan fingerprint density at radius 2 is 1.50 bits per heavy atom. The highest BCUT2D eigenvalue weighted by Gasteiger charge is 2.08. The largest absolute Gasteiger partial charge is 0.457 e. The first-order chi connectivity index (χ1) is 15.4. The fourth-order valence-electron chi connectivity index (χ4n) is 2.99. The molecular weight excluding hydrogens is 406 g/mol. The van der Waals surface area contributed by atoms with Gasteiger partial charge in [-0.25, -0.2) is 0 Å². The van der Waals surface area contributed by atoms with Crippen LogP contribution in [0.5, 0.6) is 11.5 Å². The smallest absolute Gasteiger partial charge is 0.251 e. The van der Waals surface area contributed by atoms with Crippen molar-refractivity contribution in [3.63, 3.8) is 0 Å². The summed E-state index contributed by atoms with van der Waals surface area (Å²) in [6.45, 7) is 2.29. The molecular formula is C25H25N3O4. The molecule has 0 aliphatic rings. The maximum Gasteiger partial charge on any atom is 0.251 e. The molecule has 0 atom stereocenters. The van der Waals surface area contributed by atoms with Crippen LogP contribution in [0.25, 0.3) is 0 Å². The molecule has 3 aromatic rings. The number of carbonyl (C=O) groups is 3. The molecule has 0 saturated heterocycles. The Morgan fingerprint density at radius 1 is 0.875 bits per heavy atom. The third-order valence-corrected chi connectivity index (χ3v) is 4.63. The molecule has 0 bridgehead atoms. The molecule has 0 spiro atoms. The maximum absolute atomic E-state index is 12.5. The van der Waals surface area contributed by atoms with Gasteiger partial charge in [0.05, 0.1) is 0 Å². The minimum atomic E-state index is -0.500. The Balaban J connectivity index is 1.54. The normalized spacial score (nSPS) is 10.3. The third kappa shape index (κ3) is 6.43. The van der Waals surface area contributed by atoms with Crippen LogP contribution in [-0.2, 0) is 11.3 Å². The molecule has 0 unspecified atom stereocenters. The van der Waals surface area contributed by atoms with Gasteiger partial charge < -0.3 is 21.1 Å². The second kappa shape index (κ2) is 10.8. The molecule has 0 aliphatic carbocycles. The summed E-state index contributed by atoms with van der Waals surface area (Å²) in [5.41, 5.74) is 7.71. The highest BCUT2D eigenvalue weighted by Crippen LogP contribution is 2.22. The van der Waals surface area contributed by atoms with Crippen molar-refractivity contribution in [3.8, 4) is 11.5 Å². The lowest BCUT2D eigenvalue weighted by molar-refractivity contribution is -0.116. The molecule has 0 heterocycles. The molecule has 164 valence electrons. The first kappa shape index (κ1) is 22.6. The molecule has 7 nitrogen and oxygen atoms in total. The minimum Gasteiger partial charge on any atom is -0.457 e. The molecule has 3 amide bonds. The van der Waals surface area contributed by atoms with Gasteiger partial charge in [-0.15, -0.1) is 0 Å². The third-order valence-electron chi connectivity index (χ3n) is 4.63. The second-order valence-corrected chi connectivity index (χ2v) is 7.20. The zero-order valence-electron chi connectivity index (χ0n) is 17.8. The van der Waals surface area contributed by atoms with E-state index in [0.29, 0.717) is 41.3 Å². The molecule has 0 aromatic heterocycles. The molecule has 3 rings (SSSR count). The van der Waals surface area contributed by atoms with Gasteiger partial charge in [-0.2, -0.15) is 0 Å². The first-order valence-electron chi connectivity index (χ1n) is 10.3. The summed E-state index contributed by atoms with van der Waals surface area (Å²) in [4.78, 5) is 35.3. The second-order valence-electron chi connectivity index (χ2n) is 7.20. The number of carbonyl (C=O) groups excluding carboxylic acids is 3. The summed E-state index contributed by atoms with van der Waals surface area (Å²) in [6, 6.07) is 20.6. The zero-order valence-corrected chi connectivity index (χ0v) is 17.8. The van der Waals surface area contributed by atoms with Crippen LogP contribution in [-0.4, -0.2) is 17.7 Å². The van der Waals surface area contributed by atoms with Gasteiger partial charge in [-0.3, -0.25) is 14.4 Å². The van der Waals surface area contributed by atoms with Crippen molar-refractivity contribution < 1.29 is 19.1 Å². The van der Waals surface area contributed by atoms with Crippen LogP contribution in [0, 0.1) is 0 Å². The van der Waals surface area contributed by atoms with Crippen LogP contribution in [0.1, 0.15) is 46.0 Å². The topological polar surface area (TPSA) is 111 Å². The number of nitrogens with one attached hydrogen (secondary N) is 2. The molecule has 32 heavy (non-hydrogen) atoms. The van der Waals surface area contributed by atoms with E-state index in [2.05, 4.69) is 10.6 Å². The summed E-state index contributed by atoms with van der Waals surface area (Å²) in [5.74, 6) is 0.365. The SMILES string of the molecule is CCCC(=O)Nc1cccc(CNC(=O)c2ccc(Oc3ccc(C(N)=O)cc3)cc2)c1. The number of benzene rings is 3. The summed E-state index contributed by atoms with van der Waals surface area (Å²) < 4.78 is 5.72. The fourth-order valence-corrected chi connectivity index (χ4v) is 2.99. The van der Waals surface area contributed by atoms with Crippen molar-refractivity contribution in [1.82, 2.24) is 5.32 Å². The lowest BCUT2D eigenvalue weighted by Crippen LogP contribution is -2.22. The van der Waals surface area contributed by atoms with Crippen LogP contribution in [0.15, 0.2) is 72.8 Å². The Bertz CT molecular complexity index is 1090. The average Bonchev–Trinajstić information content (AvgIpc) is 2.79.